The molecule has 7 heteroatoms. The lowest BCUT2D eigenvalue weighted by Gasteiger charge is -1.96. The van der Waals surface area contributed by atoms with Crippen LogP contribution < -0.4 is 0 Å². The van der Waals surface area contributed by atoms with Gasteiger partial charge in [-0.25, -0.2) is 0 Å². The van der Waals surface area contributed by atoms with E-state index in [0.717, 1.165) is 38.4 Å². The van der Waals surface area contributed by atoms with Gasteiger partial charge in [-0.3, -0.25) is 20.2 Å². The minimum Gasteiger partial charge on any atom is -0.303 e. The monoisotopic (exact) mass is 378 g/mol. The van der Waals surface area contributed by atoms with Crippen LogP contribution >= 0.6 is 0 Å². The van der Waals surface area contributed by atoms with Crippen molar-refractivity contribution in [3.8, 4) is 0 Å². The fourth-order valence-electron chi connectivity index (χ4n) is 2.37. The zero-order chi connectivity index (χ0) is 20.3. The van der Waals surface area contributed by atoms with Crippen LogP contribution in [0.3, 0.4) is 0 Å². The molecule has 0 aliphatic carbocycles. The van der Waals surface area contributed by atoms with Crippen molar-refractivity contribution in [2.24, 2.45) is 0 Å². The molecule has 7 nitrogen and oxygen atoms in total. The van der Waals surface area contributed by atoms with Crippen molar-refractivity contribution in [1.29, 1.82) is 0 Å². The molecule has 0 aromatic carbocycles. The van der Waals surface area contributed by atoms with Gasteiger partial charge in [-0.2, -0.15) is 0 Å². The molecule has 0 radical (unpaired) electrons. The van der Waals surface area contributed by atoms with Crippen molar-refractivity contribution in [3.05, 3.63) is 68.1 Å². The molecule has 0 heterocycles. The van der Waals surface area contributed by atoms with Gasteiger partial charge in [-0.05, 0) is 44.3 Å². The maximum atomic E-state index is 11.1. The van der Waals surface area contributed by atoms with E-state index < -0.39 is 9.85 Å². The Morgan fingerprint density at radius 1 is 0.778 bits per heavy atom. The van der Waals surface area contributed by atoms with Crippen molar-refractivity contribution in [1.82, 2.24) is 0 Å². The highest BCUT2D eigenvalue weighted by Gasteiger charge is 2.07. The van der Waals surface area contributed by atoms with E-state index in [2.05, 4.69) is 0 Å². The minimum absolute atomic E-state index is 0.125. The first-order chi connectivity index (χ1) is 13.0. The summed E-state index contributed by atoms with van der Waals surface area (Å²) in [6.07, 6.45) is 18.1. The lowest BCUT2D eigenvalue weighted by atomic mass is 10.1. The van der Waals surface area contributed by atoms with Crippen molar-refractivity contribution in [2.45, 2.75) is 71.1 Å². The third-order valence-electron chi connectivity index (χ3n) is 3.83. The first kappa shape index (κ1) is 24.4. The number of carbonyl (C=O) groups is 1. The van der Waals surface area contributed by atoms with Crippen LogP contribution in [0.5, 0.6) is 0 Å². The van der Waals surface area contributed by atoms with Gasteiger partial charge < -0.3 is 4.79 Å². The smallest absolute Gasteiger partial charge is 0.246 e. The SMILES string of the molecule is CC/C=C(\C/C=C\C/C=C(\C/C=C\CCCCCCC=O)[N+](=O)[O-])[N+](=O)[O-]. The van der Waals surface area contributed by atoms with Crippen LogP contribution in [0, 0.1) is 20.2 Å². The lowest BCUT2D eigenvalue weighted by molar-refractivity contribution is -0.427. The number of hydrogen-bond acceptors (Lipinski definition) is 5. The molecule has 0 rings (SSSR count). The normalized spacial score (nSPS) is 12.8. The average Bonchev–Trinajstić information content (AvgIpc) is 2.63. The largest absolute Gasteiger partial charge is 0.303 e. The molecule has 0 fully saturated rings. The van der Waals surface area contributed by atoms with Gasteiger partial charge in [-0.1, -0.05) is 44.1 Å². The summed E-state index contributed by atoms with van der Waals surface area (Å²) >= 11 is 0. The highest BCUT2D eigenvalue weighted by atomic mass is 16.6. The van der Waals surface area contributed by atoms with E-state index in [4.69, 9.17) is 0 Å². The Labute approximate surface area is 160 Å². The van der Waals surface area contributed by atoms with E-state index in [-0.39, 0.29) is 24.2 Å². The number of allylic oxidation sites excluding steroid dienone is 6. The molecule has 0 bridgehead atoms. The van der Waals surface area contributed by atoms with E-state index in [0.29, 0.717) is 19.3 Å². The molecule has 0 aromatic heterocycles. The van der Waals surface area contributed by atoms with E-state index in [1.54, 1.807) is 24.3 Å². The van der Waals surface area contributed by atoms with Crippen LogP contribution in [0.4, 0.5) is 0 Å². The van der Waals surface area contributed by atoms with Gasteiger partial charge in [0.2, 0.25) is 11.4 Å². The second-order valence-electron chi connectivity index (χ2n) is 6.06. The summed E-state index contributed by atoms with van der Waals surface area (Å²) in [6, 6.07) is 0. The van der Waals surface area contributed by atoms with E-state index in [1.165, 1.54) is 6.08 Å². The number of aldehydes is 1. The van der Waals surface area contributed by atoms with Gasteiger partial charge in [0.05, 0.1) is 22.7 Å². The molecular formula is C20H30N2O5. The molecule has 27 heavy (non-hydrogen) atoms. The molecule has 150 valence electrons. The van der Waals surface area contributed by atoms with Crippen LogP contribution in [-0.2, 0) is 4.79 Å². The second-order valence-corrected chi connectivity index (χ2v) is 6.06. The summed E-state index contributed by atoms with van der Waals surface area (Å²) in [6.45, 7) is 1.83. The number of nitrogens with zero attached hydrogens (tertiary/aromatic N) is 2. The Hall–Kier alpha value is -2.57. The van der Waals surface area contributed by atoms with Gasteiger partial charge in [-0.15, -0.1) is 0 Å². The summed E-state index contributed by atoms with van der Waals surface area (Å²) in [4.78, 5) is 31.2. The van der Waals surface area contributed by atoms with E-state index >= 15 is 0 Å². The molecule has 0 aliphatic rings. The summed E-state index contributed by atoms with van der Waals surface area (Å²) < 4.78 is 0. The van der Waals surface area contributed by atoms with Crippen molar-refractivity contribution in [3.63, 3.8) is 0 Å². The molecule has 0 unspecified atom stereocenters. The molecule has 0 aliphatic heterocycles. The highest BCUT2D eigenvalue weighted by molar-refractivity contribution is 5.48. The zero-order valence-corrected chi connectivity index (χ0v) is 16.0. The van der Waals surface area contributed by atoms with Crippen LogP contribution in [0.1, 0.15) is 71.1 Å². The quantitative estimate of drug-likeness (QED) is 0.115. The Morgan fingerprint density at radius 3 is 1.89 bits per heavy atom. The molecule has 0 spiro atoms. The van der Waals surface area contributed by atoms with Gasteiger partial charge in [0, 0.05) is 6.42 Å². The lowest BCUT2D eigenvalue weighted by Crippen LogP contribution is -1.97. The first-order valence-electron chi connectivity index (χ1n) is 9.43. The van der Waals surface area contributed by atoms with Gasteiger partial charge >= 0.3 is 0 Å². The van der Waals surface area contributed by atoms with Crippen LogP contribution in [0.25, 0.3) is 0 Å². The Bertz CT molecular complexity index is 577. The predicted octanol–water partition coefficient (Wildman–Crippen LogP) is 5.54. The van der Waals surface area contributed by atoms with Crippen LogP contribution in [0.15, 0.2) is 47.9 Å². The molecule has 0 saturated carbocycles. The number of hydrogen-bond donors (Lipinski definition) is 0. The zero-order valence-electron chi connectivity index (χ0n) is 16.0. The van der Waals surface area contributed by atoms with Crippen molar-refractivity contribution in [2.75, 3.05) is 0 Å². The summed E-state index contributed by atoms with van der Waals surface area (Å²) in [5, 5.41) is 21.9. The third kappa shape index (κ3) is 14.3. The summed E-state index contributed by atoms with van der Waals surface area (Å²) in [7, 11) is 0. The number of rotatable bonds is 16. The molecule has 0 aromatic rings. The van der Waals surface area contributed by atoms with Gasteiger partial charge in [0.15, 0.2) is 0 Å². The standard InChI is InChI=1S/C20H30N2O5/c1-2-14-19(21(24)25)15-11-9-12-17-20(22(26)27)16-10-7-5-3-4-6-8-13-18-23/h7,9-11,14,17-18H,2-6,8,12-13,15-16H2,1H3/b10-7-,11-9-,19-14+,20-17+. The fourth-order valence-corrected chi connectivity index (χ4v) is 2.37. The molecule has 0 amide bonds. The van der Waals surface area contributed by atoms with E-state index in [9.17, 15) is 25.0 Å². The second kappa shape index (κ2) is 16.9. The first-order valence-corrected chi connectivity index (χ1v) is 9.43. The maximum Gasteiger partial charge on any atom is 0.246 e. The Balaban J connectivity index is 4.24. The van der Waals surface area contributed by atoms with Gasteiger partial charge in [0.1, 0.15) is 6.29 Å². The third-order valence-corrected chi connectivity index (χ3v) is 3.83. The Kier molecular flexibility index (Phi) is 15.3. The predicted molar refractivity (Wildman–Crippen MR) is 106 cm³/mol. The number of nitro groups is 2. The van der Waals surface area contributed by atoms with Crippen LogP contribution in [-0.4, -0.2) is 16.1 Å². The molecule has 0 N–H and O–H groups in total. The Morgan fingerprint density at radius 2 is 1.33 bits per heavy atom. The number of unbranched alkanes of at least 4 members (excludes halogenated alkanes) is 5. The molecule has 0 atom stereocenters. The molecular weight excluding hydrogens is 348 g/mol. The van der Waals surface area contributed by atoms with Crippen LogP contribution in [0.2, 0.25) is 0 Å². The van der Waals surface area contributed by atoms with E-state index in [1.807, 2.05) is 13.0 Å². The highest BCUT2D eigenvalue weighted by Crippen LogP contribution is 2.10. The summed E-state index contributed by atoms with van der Waals surface area (Å²) in [5.74, 6) is 0. The fraction of sp³-hybridized carbons (Fsp3) is 0.550. The topological polar surface area (TPSA) is 103 Å². The van der Waals surface area contributed by atoms with Gasteiger partial charge in [0.25, 0.3) is 0 Å². The maximum absolute atomic E-state index is 11.1. The summed E-state index contributed by atoms with van der Waals surface area (Å²) in [5.41, 5.74) is 0.266. The minimum atomic E-state index is -0.404. The van der Waals surface area contributed by atoms with Crippen molar-refractivity contribution >= 4 is 6.29 Å². The number of carbonyl (C=O) groups excluding carboxylic acids is 1. The van der Waals surface area contributed by atoms with Crippen molar-refractivity contribution < 1.29 is 14.6 Å². The average molecular weight is 378 g/mol. The molecule has 0 saturated heterocycles.